The molecule has 0 aliphatic heterocycles. The summed E-state index contributed by atoms with van der Waals surface area (Å²) in [6, 6.07) is 0. The monoisotopic (exact) mass is 462 g/mol. The van der Waals surface area contributed by atoms with Crippen molar-refractivity contribution >= 4 is 73.4 Å². The van der Waals surface area contributed by atoms with Crippen LogP contribution in [0.25, 0.3) is 0 Å². The van der Waals surface area contributed by atoms with Gasteiger partial charge in [-0.05, 0) is 12.8 Å². The Labute approximate surface area is 219 Å². The third-order valence-corrected chi connectivity index (χ3v) is 5.56. The molecule has 0 aliphatic rings. The van der Waals surface area contributed by atoms with Crippen LogP contribution in [0.2, 0.25) is 0 Å². The van der Waals surface area contributed by atoms with Gasteiger partial charge in [0.15, 0.2) is 5.25 Å². The van der Waals surface area contributed by atoms with Crippen molar-refractivity contribution in [3.8, 4) is 0 Å². The summed E-state index contributed by atoms with van der Waals surface area (Å²) in [6.45, 7) is 4.50. The normalized spacial score (nSPS) is 12.1. The molecule has 0 rings (SSSR count). The van der Waals surface area contributed by atoms with Gasteiger partial charge in [0, 0.05) is 0 Å². The predicted molar refractivity (Wildman–Crippen MR) is 116 cm³/mol. The molecule has 0 bridgehead atoms. The van der Waals surface area contributed by atoms with Gasteiger partial charge in [-0.3, -0.25) is 14.1 Å². The third kappa shape index (κ3) is 18.9. The van der Waals surface area contributed by atoms with E-state index in [9.17, 15) is 22.6 Å². The summed E-state index contributed by atoms with van der Waals surface area (Å²) in [7, 11) is -4.73. The van der Waals surface area contributed by atoms with Crippen LogP contribution in [0.1, 0.15) is 97.3 Å². The number of hydrogen-bond acceptors (Lipinski definition) is 6. The number of unbranched alkanes of at least 4 members (excludes halogenated alkanes) is 10. The number of carbonyl (C=O) groups is 2. The zero-order valence-corrected chi connectivity index (χ0v) is 18.3. The summed E-state index contributed by atoms with van der Waals surface area (Å²) in [6.07, 6.45) is 11.3. The Morgan fingerprint density at radius 3 is 1.62 bits per heavy atom. The van der Waals surface area contributed by atoms with Gasteiger partial charge in [-0.15, -0.1) is 0 Å². The van der Waals surface area contributed by atoms with E-state index in [1.807, 2.05) is 0 Å². The second-order valence-electron chi connectivity index (χ2n) is 7.13. The van der Waals surface area contributed by atoms with E-state index in [1.165, 1.54) is 6.42 Å². The maximum atomic E-state index is 12.0. The van der Waals surface area contributed by atoms with Crippen molar-refractivity contribution in [3.63, 3.8) is 0 Å². The molecule has 0 spiro atoms. The Balaban J connectivity index is 0. The molecular formula is C20H39KO7S. The van der Waals surface area contributed by atoms with Gasteiger partial charge in [-0.2, -0.15) is 8.42 Å². The molecule has 1 atom stereocenters. The first-order valence-electron chi connectivity index (χ1n) is 10.6. The molecule has 1 N–H and O–H groups in total. The van der Waals surface area contributed by atoms with Gasteiger partial charge in [0.25, 0.3) is 10.1 Å². The Kier molecular flexibility index (Phi) is 22.3. The molecule has 0 aliphatic carbocycles. The molecule has 0 fully saturated rings. The van der Waals surface area contributed by atoms with E-state index >= 15 is 0 Å². The fourth-order valence-corrected chi connectivity index (χ4v) is 3.39. The Bertz CT molecular complexity index is 523. The molecule has 29 heavy (non-hydrogen) atoms. The van der Waals surface area contributed by atoms with Crippen LogP contribution in [0.5, 0.6) is 0 Å². The molecule has 1 unspecified atom stereocenters. The molecule has 0 amide bonds. The second-order valence-corrected chi connectivity index (χ2v) is 8.73. The minimum atomic E-state index is -4.73. The van der Waals surface area contributed by atoms with Crippen molar-refractivity contribution < 1.29 is 32.0 Å². The molecule has 0 aromatic heterocycles. The van der Waals surface area contributed by atoms with Gasteiger partial charge < -0.3 is 9.47 Å². The molecule has 0 aromatic carbocycles. The van der Waals surface area contributed by atoms with Gasteiger partial charge in [-0.1, -0.05) is 78.1 Å². The van der Waals surface area contributed by atoms with E-state index in [4.69, 9.17) is 9.47 Å². The molecule has 0 aromatic rings. The van der Waals surface area contributed by atoms with Crippen molar-refractivity contribution in [2.75, 3.05) is 13.2 Å². The quantitative estimate of drug-likeness (QED) is 0.143. The molecular weight excluding hydrogens is 423 g/mol. The number of ether oxygens (including phenoxy) is 2. The number of esters is 2. The third-order valence-electron chi connectivity index (χ3n) is 4.48. The van der Waals surface area contributed by atoms with E-state index in [-0.39, 0.29) is 64.6 Å². The molecule has 0 heterocycles. The molecule has 168 valence electrons. The summed E-state index contributed by atoms with van der Waals surface area (Å²) < 4.78 is 42.0. The zero-order valence-electron chi connectivity index (χ0n) is 17.5. The zero-order chi connectivity index (χ0) is 21.3. The summed E-state index contributed by atoms with van der Waals surface area (Å²) in [5.41, 5.74) is 0. The van der Waals surface area contributed by atoms with Crippen molar-refractivity contribution in [2.45, 2.75) is 103 Å². The van der Waals surface area contributed by atoms with Crippen LogP contribution in [-0.2, 0) is 29.2 Å². The first-order valence-corrected chi connectivity index (χ1v) is 12.1. The Morgan fingerprint density at radius 1 is 0.759 bits per heavy atom. The average molecular weight is 463 g/mol. The summed E-state index contributed by atoms with van der Waals surface area (Å²) in [5.74, 6) is -1.93. The minimum absolute atomic E-state index is 0. The summed E-state index contributed by atoms with van der Waals surface area (Å²) in [4.78, 5) is 23.8. The Morgan fingerprint density at radius 2 is 1.17 bits per heavy atom. The van der Waals surface area contributed by atoms with Crippen molar-refractivity contribution in [1.82, 2.24) is 0 Å². The van der Waals surface area contributed by atoms with Crippen LogP contribution in [0.3, 0.4) is 0 Å². The van der Waals surface area contributed by atoms with E-state index in [0.29, 0.717) is 12.8 Å². The van der Waals surface area contributed by atoms with Crippen molar-refractivity contribution in [2.24, 2.45) is 0 Å². The number of hydrogen-bond donors (Lipinski definition) is 1. The molecule has 0 saturated carbocycles. The summed E-state index contributed by atoms with van der Waals surface area (Å²) in [5, 5.41) is -1.93. The van der Waals surface area contributed by atoms with Crippen molar-refractivity contribution in [1.29, 1.82) is 0 Å². The van der Waals surface area contributed by atoms with E-state index in [2.05, 4.69) is 13.8 Å². The van der Waals surface area contributed by atoms with Crippen molar-refractivity contribution in [3.05, 3.63) is 0 Å². The Hall–Kier alpha value is 0.486. The van der Waals surface area contributed by atoms with Crippen LogP contribution < -0.4 is 0 Å². The fourth-order valence-electron chi connectivity index (χ4n) is 2.74. The molecule has 7 nitrogen and oxygen atoms in total. The molecule has 0 saturated heterocycles. The average Bonchev–Trinajstić information content (AvgIpc) is 2.63. The number of rotatable bonds is 18. The van der Waals surface area contributed by atoms with Crippen LogP contribution in [-0.4, -0.2) is 94.8 Å². The van der Waals surface area contributed by atoms with Crippen LogP contribution in [0, 0.1) is 0 Å². The van der Waals surface area contributed by atoms with Gasteiger partial charge in [0.1, 0.15) is 0 Å². The second kappa shape index (κ2) is 20.4. The topological polar surface area (TPSA) is 107 Å². The fraction of sp³-hybridized carbons (Fsp3) is 0.900. The van der Waals surface area contributed by atoms with Gasteiger partial charge in [0.2, 0.25) is 0 Å². The van der Waals surface area contributed by atoms with Crippen LogP contribution in [0.15, 0.2) is 0 Å². The first-order chi connectivity index (χ1) is 13.3. The van der Waals surface area contributed by atoms with Crippen LogP contribution in [0.4, 0.5) is 0 Å². The first kappa shape index (κ1) is 31.7. The standard InChI is InChI=1S/C20H38O7S.K.H/c1-3-5-7-9-11-13-15-26-19(21)17-18(28(23,24)25)20(22)27-16-14-12-10-8-6-4-2;;/h18H,3-17H2,1-2H3,(H,23,24,25);;. The number of carbonyl (C=O) groups excluding carboxylic acids is 2. The maximum absolute atomic E-state index is 12.0. The molecule has 0 radical (unpaired) electrons. The SMILES string of the molecule is CCCCCCCCOC(=O)CC(C(=O)OCCCCCCCC)S(=O)(=O)O.[KH]. The van der Waals surface area contributed by atoms with Crippen LogP contribution >= 0.6 is 0 Å². The predicted octanol–water partition coefficient (Wildman–Crippen LogP) is 3.79. The van der Waals surface area contributed by atoms with Gasteiger partial charge in [-0.25, -0.2) is 0 Å². The van der Waals surface area contributed by atoms with E-state index < -0.39 is 33.7 Å². The molecule has 9 heteroatoms. The van der Waals surface area contributed by atoms with Gasteiger partial charge >= 0.3 is 63.3 Å². The van der Waals surface area contributed by atoms with E-state index in [0.717, 1.165) is 57.8 Å². The van der Waals surface area contributed by atoms with Gasteiger partial charge in [0.05, 0.1) is 19.6 Å². The van der Waals surface area contributed by atoms with E-state index in [1.54, 1.807) is 0 Å². The summed E-state index contributed by atoms with van der Waals surface area (Å²) >= 11 is 0.